The number of para-hydroxylation sites is 1. The van der Waals surface area contributed by atoms with E-state index in [1.807, 2.05) is 18.2 Å². The smallest absolute Gasteiger partial charge is 0.248 e. The first-order valence-corrected chi connectivity index (χ1v) is 9.07. The fraction of sp³-hybridized carbons (Fsp3) is 0.0500. The second-order valence-electron chi connectivity index (χ2n) is 5.69. The summed E-state index contributed by atoms with van der Waals surface area (Å²) in [5.74, 6) is -2.38. The lowest BCUT2D eigenvalue weighted by atomic mass is 10.3. The van der Waals surface area contributed by atoms with Crippen LogP contribution in [0.25, 0.3) is 6.08 Å². The van der Waals surface area contributed by atoms with Crippen molar-refractivity contribution in [2.24, 2.45) is 0 Å². The highest BCUT2D eigenvalue weighted by Gasteiger charge is 2.17. The van der Waals surface area contributed by atoms with Crippen LogP contribution >= 0.6 is 11.3 Å². The maximum absolute atomic E-state index is 13.6. The molecule has 0 aliphatic carbocycles. The molecule has 0 aliphatic heterocycles. The zero-order valence-electron chi connectivity index (χ0n) is 14.7. The van der Waals surface area contributed by atoms with Gasteiger partial charge in [0.1, 0.15) is 11.6 Å². The van der Waals surface area contributed by atoms with Gasteiger partial charge in [-0.15, -0.1) is 11.3 Å². The molecule has 0 fully saturated rings. The largest absolute Gasteiger partial charge is 0.320 e. The van der Waals surface area contributed by atoms with E-state index < -0.39 is 17.5 Å². The number of hydrogen-bond donors (Lipinski definition) is 1. The average molecular weight is 399 g/mol. The van der Waals surface area contributed by atoms with Crippen molar-refractivity contribution in [3.05, 3.63) is 77.3 Å². The second kappa shape index (κ2) is 8.53. The number of benzene rings is 2. The van der Waals surface area contributed by atoms with Gasteiger partial charge in [0, 0.05) is 24.4 Å². The molecule has 0 saturated heterocycles. The van der Waals surface area contributed by atoms with Crippen molar-refractivity contribution in [3.63, 3.8) is 0 Å². The van der Waals surface area contributed by atoms with Crippen LogP contribution in [0.2, 0.25) is 0 Å². The van der Waals surface area contributed by atoms with E-state index in [2.05, 4.69) is 10.3 Å². The normalized spacial score (nSPS) is 10.8. The molecule has 1 N–H and O–H groups in total. The lowest BCUT2D eigenvalue weighted by molar-refractivity contribution is -0.116. The molecule has 1 heterocycles. The van der Waals surface area contributed by atoms with E-state index >= 15 is 0 Å². The summed E-state index contributed by atoms with van der Waals surface area (Å²) in [4.78, 5) is 29.8. The minimum absolute atomic E-state index is 0.123. The maximum atomic E-state index is 13.6. The number of thiazole rings is 1. The molecule has 142 valence electrons. The molecular formula is C20H15F2N3O2S. The molecule has 0 unspecified atom stereocenters. The van der Waals surface area contributed by atoms with Crippen molar-refractivity contribution in [1.82, 2.24) is 4.98 Å². The van der Waals surface area contributed by atoms with Crippen LogP contribution in [-0.2, 0) is 9.59 Å². The summed E-state index contributed by atoms with van der Waals surface area (Å²) in [6, 6.07) is 12.0. The van der Waals surface area contributed by atoms with Crippen molar-refractivity contribution in [2.45, 2.75) is 6.92 Å². The number of carbonyl (C=O) groups is 2. The summed E-state index contributed by atoms with van der Waals surface area (Å²) < 4.78 is 26.5. The third kappa shape index (κ3) is 4.66. The molecule has 0 spiro atoms. The molecule has 3 rings (SSSR count). The third-order valence-corrected chi connectivity index (χ3v) is 4.47. The van der Waals surface area contributed by atoms with Crippen LogP contribution in [0.5, 0.6) is 0 Å². The van der Waals surface area contributed by atoms with E-state index in [4.69, 9.17) is 0 Å². The minimum atomic E-state index is -0.863. The van der Waals surface area contributed by atoms with Gasteiger partial charge in [-0.2, -0.15) is 0 Å². The highest BCUT2D eigenvalue weighted by molar-refractivity contribution is 7.14. The zero-order valence-corrected chi connectivity index (χ0v) is 15.5. The van der Waals surface area contributed by atoms with E-state index in [-0.39, 0.29) is 11.6 Å². The first-order chi connectivity index (χ1) is 13.4. The molecule has 3 aromatic rings. The number of nitrogens with one attached hydrogen (secondary N) is 1. The zero-order chi connectivity index (χ0) is 20.1. The number of nitrogens with zero attached hydrogens (tertiary/aromatic N) is 2. The van der Waals surface area contributed by atoms with Crippen LogP contribution in [0.15, 0.2) is 60.0 Å². The molecule has 8 heteroatoms. The van der Waals surface area contributed by atoms with Gasteiger partial charge in [0.25, 0.3) is 0 Å². The Hall–Kier alpha value is -3.39. The fourth-order valence-corrected chi connectivity index (χ4v) is 3.24. The Labute approximate surface area is 164 Å². The molecule has 2 aromatic carbocycles. The van der Waals surface area contributed by atoms with Crippen LogP contribution in [-0.4, -0.2) is 16.8 Å². The summed E-state index contributed by atoms with van der Waals surface area (Å²) in [5, 5.41) is 4.48. The van der Waals surface area contributed by atoms with Crippen LogP contribution in [0, 0.1) is 11.6 Å². The number of aromatic nitrogens is 1. The van der Waals surface area contributed by atoms with Gasteiger partial charge in [0.2, 0.25) is 11.8 Å². The van der Waals surface area contributed by atoms with E-state index in [9.17, 15) is 18.4 Å². The molecule has 0 atom stereocenters. The van der Waals surface area contributed by atoms with Gasteiger partial charge >= 0.3 is 0 Å². The van der Waals surface area contributed by atoms with Crippen molar-refractivity contribution < 1.29 is 18.4 Å². The Balaban J connectivity index is 1.72. The van der Waals surface area contributed by atoms with Gasteiger partial charge in [0.05, 0.1) is 17.1 Å². The van der Waals surface area contributed by atoms with E-state index in [0.717, 1.165) is 12.1 Å². The molecule has 5 nitrogen and oxygen atoms in total. The summed E-state index contributed by atoms with van der Waals surface area (Å²) in [7, 11) is 0. The molecule has 0 radical (unpaired) electrons. The van der Waals surface area contributed by atoms with Crippen LogP contribution in [0.1, 0.15) is 12.6 Å². The Morgan fingerprint density at radius 3 is 2.57 bits per heavy atom. The van der Waals surface area contributed by atoms with Crippen LogP contribution in [0.3, 0.4) is 0 Å². The fourth-order valence-electron chi connectivity index (χ4n) is 2.39. The number of anilines is 3. The van der Waals surface area contributed by atoms with Crippen molar-refractivity contribution in [2.75, 3.05) is 10.2 Å². The average Bonchev–Trinajstić information content (AvgIpc) is 3.11. The van der Waals surface area contributed by atoms with Gasteiger partial charge < -0.3 is 5.32 Å². The van der Waals surface area contributed by atoms with Gasteiger partial charge in [-0.3, -0.25) is 14.5 Å². The molecular weight excluding hydrogens is 384 g/mol. The van der Waals surface area contributed by atoms with E-state index in [0.29, 0.717) is 22.6 Å². The standard InChI is InChI=1S/C20H15F2N3O2S/c1-13(26)25(16-5-3-2-4-6-16)20-23-15(12-28-20)8-10-19(27)24-18-9-7-14(21)11-17(18)22/h2-12H,1H3,(H,24,27)/b10-8+. The molecule has 0 bridgehead atoms. The third-order valence-electron chi connectivity index (χ3n) is 3.62. The predicted molar refractivity (Wildman–Crippen MR) is 105 cm³/mol. The summed E-state index contributed by atoms with van der Waals surface area (Å²) in [6.45, 7) is 1.44. The lowest BCUT2D eigenvalue weighted by Crippen LogP contribution is -2.22. The molecule has 28 heavy (non-hydrogen) atoms. The Bertz CT molecular complexity index is 1030. The topological polar surface area (TPSA) is 62.3 Å². The SMILES string of the molecule is CC(=O)N(c1ccccc1)c1nc(/C=C/C(=O)Nc2ccc(F)cc2F)cs1. The number of amides is 2. The van der Waals surface area contributed by atoms with Gasteiger partial charge in [0.15, 0.2) is 5.13 Å². The van der Waals surface area contributed by atoms with Crippen LogP contribution in [0.4, 0.5) is 25.3 Å². The summed E-state index contributed by atoms with van der Waals surface area (Å²) in [6.07, 6.45) is 2.63. The predicted octanol–water partition coefficient (Wildman–Crippen LogP) is 4.76. The summed E-state index contributed by atoms with van der Waals surface area (Å²) in [5.41, 5.74) is 1.03. The first-order valence-electron chi connectivity index (χ1n) is 8.19. The monoisotopic (exact) mass is 399 g/mol. The first kappa shape index (κ1) is 19.4. The maximum Gasteiger partial charge on any atom is 0.248 e. The van der Waals surface area contributed by atoms with Crippen molar-refractivity contribution >= 4 is 45.7 Å². The molecule has 1 aromatic heterocycles. The summed E-state index contributed by atoms with van der Waals surface area (Å²) >= 11 is 1.25. The Kier molecular flexibility index (Phi) is 5.90. The number of rotatable bonds is 5. The number of halogens is 2. The van der Waals surface area contributed by atoms with Gasteiger partial charge in [-0.1, -0.05) is 18.2 Å². The quantitative estimate of drug-likeness (QED) is 0.630. The van der Waals surface area contributed by atoms with Crippen LogP contribution < -0.4 is 10.2 Å². The van der Waals surface area contributed by atoms with Crippen molar-refractivity contribution in [3.8, 4) is 0 Å². The lowest BCUT2D eigenvalue weighted by Gasteiger charge is -2.17. The number of carbonyl (C=O) groups excluding carboxylic acids is 2. The minimum Gasteiger partial charge on any atom is -0.320 e. The highest BCUT2D eigenvalue weighted by Crippen LogP contribution is 2.29. The highest BCUT2D eigenvalue weighted by atomic mass is 32.1. The molecule has 0 saturated carbocycles. The van der Waals surface area contributed by atoms with Gasteiger partial charge in [-0.05, 0) is 30.3 Å². The van der Waals surface area contributed by atoms with E-state index in [1.165, 1.54) is 35.3 Å². The Morgan fingerprint density at radius 2 is 1.89 bits per heavy atom. The molecule has 2 amide bonds. The second-order valence-corrected chi connectivity index (χ2v) is 6.53. The molecule has 0 aliphatic rings. The Morgan fingerprint density at radius 1 is 1.14 bits per heavy atom. The number of hydrogen-bond acceptors (Lipinski definition) is 4. The van der Waals surface area contributed by atoms with E-state index in [1.54, 1.807) is 17.5 Å². The van der Waals surface area contributed by atoms with Gasteiger partial charge in [-0.25, -0.2) is 13.8 Å². The van der Waals surface area contributed by atoms with Crippen molar-refractivity contribution in [1.29, 1.82) is 0 Å².